The van der Waals surface area contributed by atoms with Gasteiger partial charge >= 0.3 is 5.97 Å². The number of nitrogens with zero attached hydrogens (tertiary/aromatic N) is 4. The minimum absolute atomic E-state index is 0.0991. The molecule has 3 heterocycles. The predicted molar refractivity (Wildman–Crippen MR) is 170 cm³/mol. The van der Waals surface area contributed by atoms with Gasteiger partial charge in [-0.1, -0.05) is 41.1 Å². The van der Waals surface area contributed by atoms with Gasteiger partial charge in [0, 0.05) is 41.7 Å². The number of carboxylic acid groups (broad SMARTS) is 1. The molecule has 2 unspecified atom stereocenters. The molecule has 1 aliphatic heterocycles. The SMILES string of the molecule is Cc1cc2nc(N3CCNC(c4ccc5c(cnn5C)c4)C3=O)sc2c(-c2ccc(Cl)cc2)c1C(OC(C)(C)C)C(=O)O. The average molecular weight is 618 g/mol. The van der Waals surface area contributed by atoms with Crippen LogP contribution in [-0.4, -0.2) is 50.4 Å². The monoisotopic (exact) mass is 617 g/mol. The molecule has 9 nitrogen and oxygen atoms in total. The number of benzene rings is 3. The molecular formula is C32H32ClN5O4S. The molecule has 0 radical (unpaired) electrons. The van der Waals surface area contributed by atoms with Crippen LogP contribution < -0.4 is 10.2 Å². The third-order valence-electron chi connectivity index (χ3n) is 7.54. The maximum Gasteiger partial charge on any atom is 0.337 e. The van der Waals surface area contributed by atoms with E-state index in [4.69, 9.17) is 21.3 Å². The smallest absolute Gasteiger partial charge is 0.337 e. The summed E-state index contributed by atoms with van der Waals surface area (Å²) in [6.07, 6.45) is 0.580. The van der Waals surface area contributed by atoms with Gasteiger partial charge in [0.05, 0.1) is 27.5 Å². The number of aryl methyl sites for hydroxylation is 2. The Kier molecular flexibility index (Phi) is 7.50. The van der Waals surface area contributed by atoms with E-state index < -0.39 is 23.7 Å². The highest BCUT2D eigenvalue weighted by Gasteiger charge is 2.35. The summed E-state index contributed by atoms with van der Waals surface area (Å²) in [4.78, 5) is 33.2. The molecule has 1 fully saturated rings. The number of anilines is 1. The van der Waals surface area contributed by atoms with Crippen molar-refractivity contribution in [3.05, 3.63) is 76.4 Å². The first-order valence-corrected chi connectivity index (χ1v) is 15.2. The van der Waals surface area contributed by atoms with Gasteiger partial charge in [-0.05, 0) is 74.7 Å². The van der Waals surface area contributed by atoms with Crippen LogP contribution in [0.2, 0.25) is 5.02 Å². The number of carbonyl (C=O) groups excluding carboxylic acids is 1. The molecule has 43 heavy (non-hydrogen) atoms. The molecule has 11 heteroatoms. The lowest BCUT2D eigenvalue weighted by Crippen LogP contribution is -2.50. The summed E-state index contributed by atoms with van der Waals surface area (Å²) in [5, 5.41) is 20.1. The summed E-state index contributed by atoms with van der Waals surface area (Å²) >= 11 is 7.60. The van der Waals surface area contributed by atoms with Crippen LogP contribution in [0.1, 0.15) is 49.6 Å². The van der Waals surface area contributed by atoms with Crippen LogP contribution in [0, 0.1) is 6.92 Å². The molecule has 6 rings (SSSR count). The lowest BCUT2D eigenvalue weighted by atomic mass is 9.91. The second-order valence-electron chi connectivity index (χ2n) is 11.7. The molecule has 2 aromatic heterocycles. The Morgan fingerprint density at radius 2 is 1.93 bits per heavy atom. The van der Waals surface area contributed by atoms with Crippen LogP contribution in [-0.2, 0) is 21.4 Å². The van der Waals surface area contributed by atoms with Crippen LogP contribution in [0.3, 0.4) is 0 Å². The number of carbonyl (C=O) groups is 2. The number of amides is 1. The van der Waals surface area contributed by atoms with E-state index in [-0.39, 0.29) is 5.91 Å². The number of halogens is 1. The summed E-state index contributed by atoms with van der Waals surface area (Å²) in [7, 11) is 1.89. The second kappa shape index (κ2) is 11.0. The van der Waals surface area contributed by atoms with E-state index in [9.17, 15) is 14.7 Å². The number of piperazine rings is 1. The first-order chi connectivity index (χ1) is 20.4. The molecule has 1 amide bonds. The fourth-order valence-electron chi connectivity index (χ4n) is 5.63. The maximum atomic E-state index is 13.9. The van der Waals surface area contributed by atoms with Crippen LogP contribution >= 0.6 is 22.9 Å². The van der Waals surface area contributed by atoms with Crippen LogP contribution in [0.5, 0.6) is 0 Å². The van der Waals surface area contributed by atoms with Crippen molar-refractivity contribution >= 4 is 61.1 Å². The third kappa shape index (κ3) is 5.51. The highest BCUT2D eigenvalue weighted by atomic mass is 35.5. The van der Waals surface area contributed by atoms with E-state index in [1.807, 2.05) is 71.1 Å². The lowest BCUT2D eigenvalue weighted by Gasteiger charge is -2.31. The topological polar surface area (TPSA) is 110 Å². The molecule has 2 N–H and O–H groups in total. The standard InChI is InChI=1S/C32H32ClN5O4S/c1-17-14-22-28(25(18-6-9-21(33)10-7-18)24(17)27(30(40)41)42-32(2,3)4)43-31(36-22)38-13-12-34-26(29(38)39)19-8-11-23-20(15-19)16-35-37(23)5/h6-11,14-16,26-27,34H,12-13H2,1-5H3,(H,40,41). The van der Waals surface area contributed by atoms with Crippen molar-refractivity contribution in [1.82, 2.24) is 20.1 Å². The zero-order valence-corrected chi connectivity index (χ0v) is 26.1. The van der Waals surface area contributed by atoms with Crippen molar-refractivity contribution in [2.24, 2.45) is 7.05 Å². The number of hydrogen-bond donors (Lipinski definition) is 2. The number of aliphatic carboxylic acids is 1. The highest BCUT2D eigenvalue weighted by molar-refractivity contribution is 7.23. The average Bonchev–Trinajstić information content (AvgIpc) is 3.54. The van der Waals surface area contributed by atoms with Gasteiger partial charge in [0.1, 0.15) is 6.04 Å². The number of aromatic nitrogens is 3. The summed E-state index contributed by atoms with van der Waals surface area (Å²) in [6.45, 7) is 8.42. The molecular weight excluding hydrogens is 586 g/mol. The number of ether oxygens (including phenoxy) is 1. The van der Waals surface area contributed by atoms with Gasteiger partial charge in [0.25, 0.3) is 5.91 Å². The normalized spacial score (nSPS) is 16.7. The molecule has 0 saturated carbocycles. The minimum atomic E-state index is -1.21. The Bertz CT molecular complexity index is 1880. The van der Waals surface area contributed by atoms with Gasteiger partial charge in [0.2, 0.25) is 0 Å². The summed E-state index contributed by atoms with van der Waals surface area (Å²) in [6, 6.07) is 14.6. The van der Waals surface area contributed by atoms with Gasteiger partial charge in [-0.2, -0.15) is 5.10 Å². The quantitative estimate of drug-likeness (QED) is 0.226. The second-order valence-corrected chi connectivity index (χ2v) is 13.2. The number of fused-ring (bicyclic) bond motifs is 2. The largest absolute Gasteiger partial charge is 0.479 e. The molecule has 0 aliphatic carbocycles. The Balaban J connectivity index is 1.47. The molecule has 1 saturated heterocycles. The number of thiazole rings is 1. The zero-order valence-electron chi connectivity index (χ0n) is 24.5. The Labute approximate surface area is 258 Å². The fourth-order valence-corrected chi connectivity index (χ4v) is 6.91. The number of rotatable bonds is 6. The van der Waals surface area contributed by atoms with E-state index in [0.29, 0.717) is 39.9 Å². The van der Waals surface area contributed by atoms with Gasteiger partial charge in [-0.15, -0.1) is 0 Å². The molecule has 222 valence electrons. The van der Waals surface area contributed by atoms with E-state index in [1.165, 1.54) is 11.3 Å². The van der Waals surface area contributed by atoms with Gasteiger partial charge in [-0.3, -0.25) is 14.4 Å². The molecule has 3 aromatic carbocycles. The van der Waals surface area contributed by atoms with Crippen LogP contribution in [0.4, 0.5) is 5.13 Å². The number of nitrogens with one attached hydrogen (secondary N) is 1. The van der Waals surface area contributed by atoms with Crippen molar-refractivity contribution in [3.63, 3.8) is 0 Å². The molecule has 0 spiro atoms. The van der Waals surface area contributed by atoms with Gasteiger partial charge in [0.15, 0.2) is 11.2 Å². The summed E-state index contributed by atoms with van der Waals surface area (Å²) < 4.78 is 8.70. The van der Waals surface area contributed by atoms with E-state index in [2.05, 4.69) is 10.4 Å². The summed E-state index contributed by atoms with van der Waals surface area (Å²) in [5.41, 5.74) is 4.63. The number of carboxylic acids is 1. The summed E-state index contributed by atoms with van der Waals surface area (Å²) in [5.74, 6) is -1.18. The van der Waals surface area contributed by atoms with Crippen molar-refractivity contribution in [3.8, 4) is 11.1 Å². The van der Waals surface area contributed by atoms with Gasteiger partial charge < -0.3 is 15.2 Å². The van der Waals surface area contributed by atoms with Crippen LogP contribution in [0.15, 0.2) is 54.7 Å². The highest BCUT2D eigenvalue weighted by Crippen LogP contribution is 2.44. The first kappa shape index (κ1) is 29.3. The van der Waals surface area contributed by atoms with Crippen molar-refractivity contribution in [2.45, 2.75) is 45.4 Å². The molecule has 0 bridgehead atoms. The number of hydrogen-bond acceptors (Lipinski definition) is 7. The van der Waals surface area contributed by atoms with E-state index in [0.717, 1.165) is 32.3 Å². The maximum absolute atomic E-state index is 13.9. The zero-order chi connectivity index (χ0) is 30.6. The Morgan fingerprint density at radius 1 is 1.19 bits per heavy atom. The van der Waals surface area contributed by atoms with Gasteiger partial charge in [-0.25, -0.2) is 9.78 Å². The van der Waals surface area contributed by atoms with Crippen molar-refractivity contribution in [2.75, 3.05) is 18.0 Å². The minimum Gasteiger partial charge on any atom is -0.479 e. The lowest BCUT2D eigenvalue weighted by molar-refractivity contribution is -0.160. The molecule has 1 aliphatic rings. The molecule has 2 atom stereocenters. The van der Waals surface area contributed by atoms with Crippen molar-refractivity contribution in [1.29, 1.82) is 0 Å². The fraction of sp³-hybridized carbons (Fsp3) is 0.312. The molecule has 5 aromatic rings. The predicted octanol–water partition coefficient (Wildman–Crippen LogP) is 6.43. The Hall–Kier alpha value is -3.83. The third-order valence-corrected chi connectivity index (χ3v) is 8.90. The van der Waals surface area contributed by atoms with Crippen LogP contribution in [0.25, 0.3) is 32.2 Å². The van der Waals surface area contributed by atoms with Crippen molar-refractivity contribution < 1.29 is 19.4 Å². The Morgan fingerprint density at radius 3 is 2.63 bits per heavy atom. The van der Waals surface area contributed by atoms with E-state index in [1.54, 1.807) is 27.9 Å². The first-order valence-electron chi connectivity index (χ1n) is 14.0. The van der Waals surface area contributed by atoms with E-state index >= 15 is 0 Å².